The summed E-state index contributed by atoms with van der Waals surface area (Å²) in [7, 11) is 0. The number of hydrogen-bond donors (Lipinski definition) is 1. The summed E-state index contributed by atoms with van der Waals surface area (Å²) in [5.74, 6) is 0. The lowest BCUT2D eigenvalue weighted by molar-refractivity contribution is 0.104. The van der Waals surface area contributed by atoms with E-state index in [4.69, 9.17) is 11.6 Å². The molecule has 3 heteroatoms. The third-order valence-electron chi connectivity index (χ3n) is 3.56. The first-order chi connectivity index (χ1) is 9.59. The summed E-state index contributed by atoms with van der Waals surface area (Å²) in [5, 5.41) is 12.6. The van der Waals surface area contributed by atoms with Gasteiger partial charge in [0.15, 0.2) is 0 Å². The summed E-state index contributed by atoms with van der Waals surface area (Å²) >= 11 is 5.91. The van der Waals surface area contributed by atoms with Crippen LogP contribution in [-0.4, -0.2) is 10.1 Å². The zero-order valence-corrected chi connectivity index (χ0v) is 11.8. The minimum Gasteiger partial charge on any atom is -0.381 e. The Bertz CT molecular complexity index is 745. The molecule has 0 aliphatic rings. The van der Waals surface area contributed by atoms with Crippen LogP contribution in [0.1, 0.15) is 18.1 Å². The van der Waals surface area contributed by atoms with Crippen LogP contribution in [0.25, 0.3) is 10.9 Å². The lowest BCUT2D eigenvalue weighted by Crippen LogP contribution is -2.23. The highest BCUT2D eigenvalue weighted by atomic mass is 35.5. The molecule has 0 spiro atoms. The van der Waals surface area contributed by atoms with Gasteiger partial charge < -0.3 is 5.11 Å². The van der Waals surface area contributed by atoms with Crippen LogP contribution in [-0.2, 0) is 5.60 Å². The van der Waals surface area contributed by atoms with Crippen molar-refractivity contribution in [3.05, 3.63) is 76.9 Å². The SMILES string of the molecule is CC(O)(c1ccc(Cl)cc1)c1cccc2cccnc12. The molecule has 20 heavy (non-hydrogen) atoms. The van der Waals surface area contributed by atoms with E-state index in [1.165, 1.54) is 0 Å². The molecule has 100 valence electrons. The van der Waals surface area contributed by atoms with Gasteiger partial charge in [0.2, 0.25) is 0 Å². The van der Waals surface area contributed by atoms with Crippen LogP contribution in [0.5, 0.6) is 0 Å². The van der Waals surface area contributed by atoms with Gasteiger partial charge in [0.25, 0.3) is 0 Å². The van der Waals surface area contributed by atoms with Crippen molar-refractivity contribution >= 4 is 22.5 Å². The Balaban J connectivity index is 2.20. The Kier molecular flexibility index (Phi) is 3.20. The molecule has 0 bridgehead atoms. The lowest BCUT2D eigenvalue weighted by atomic mass is 9.87. The van der Waals surface area contributed by atoms with Crippen molar-refractivity contribution in [3.63, 3.8) is 0 Å². The monoisotopic (exact) mass is 283 g/mol. The number of hydrogen-bond acceptors (Lipinski definition) is 2. The number of rotatable bonds is 2. The van der Waals surface area contributed by atoms with Crippen molar-refractivity contribution in [2.75, 3.05) is 0 Å². The zero-order chi connectivity index (χ0) is 14.2. The Hall–Kier alpha value is -1.90. The van der Waals surface area contributed by atoms with E-state index >= 15 is 0 Å². The van der Waals surface area contributed by atoms with Crippen LogP contribution in [0.15, 0.2) is 60.8 Å². The molecule has 1 heterocycles. The standard InChI is InChI=1S/C17H14ClNO/c1-17(20,13-7-9-14(18)10-8-13)15-6-2-4-12-5-3-11-19-16(12)15/h2-11,20H,1H3. The first kappa shape index (κ1) is 13.1. The maximum Gasteiger partial charge on any atom is 0.114 e. The highest BCUT2D eigenvalue weighted by Gasteiger charge is 2.27. The minimum absolute atomic E-state index is 0.653. The molecule has 3 aromatic rings. The molecule has 1 aromatic heterocycles. The van der Waals surface area contributed by atoms with Crippen LogP contribution >= 0.6 is 11.6 Å². The largest absolute Gasteiger partial charge is 0.381 e. The van der Waals surface area contributed by atoms with E-state index in [-0.39, 0.29) is 0 Å². The second-order valence-corrected chi connectivity index (χ2v) is 5.40. The molecule has 0 aliphatic carbocycles. The van der Waals surface area contributed by atoms with Crippen molar-refractivity contribution in [1.29, 1.82) is 0 Å². The van der Waals surface area contributed by atoms with Gasteiger partial charge in [0, 0.05) is 22.2 Å². The summed E-state index contributed by atoms with van der Waals surface area (Å²) in [4.78, 5) is 4.40. The molecular formula is C17H14ClNO. The van der Waals surface area contributed by atoms with Gasteiger partial charge in [-0.05, 0) is 30.7 Å². The van der Waals surface area contributed by atoms with Crippen molar-refractivity contribution in [3.8, 4) is 0 Å². The summed E-state index contributed by atoms with van der Waals surface area (Å²) in [6.45, 7) is 1.78. The van der Waals surface area contributed by atoms with E-state index in [1.807, 2.05) is 42.5 Å². The highest BCUT2D eigenvalue weighted by Crippen LogP contribution is 2.33. The molecule has 0 radical (unpaired) electrons. The smallest absolute Gasteiger partial charge is 0.114 e. The van der Waals surface area contributed by atoms with Crippen molar-refractivity contribution < 1.29 is 5.11 Å². The van der Waals surface area contributed by atoms with Gasteiger partial charge in [-0.25, -0.2) is 0 Å². The van der Waals surface area contributed by atoms with Gasteiger partial charge in [0.05, 0.1) is 5.52 Å². The molecule has 2 nitrogen and oxygen atoms in total. The molecule has 0 saturated heterocycles. The van der Waals surface area contributed by atoms with Crippen LogP contribution in [0.3, 0.4) is 0 Å². The number of halogens is 1. The average Bonchev–Trinajstić information content (AvgIpc) is 2.47. The first-order valence-electron chi connectivity index (χ1n) is 6.42. The zero-order valence-electron chi connectivity index (χ0n) is 11.0. The van der Waals surface area contributed by atoms with Crippen LogP contribution in [0.4, 0.5) is 0 Å². The van der Waals surface area contributed by atoms with Crippen LogP contribution < -0.4 is 0 Å². The maximum absolute atomic E-state index is 11.0. The summed E-state index contributed by atoms with van der Waals surface area (Å²) in [5.41, 5.74) is 1.28. The van der Waals surface area contributed by atoms with Crippen LogP contribution in [0.2, 0.25) is 5.02 Å². The first-order valence-corrected chi connectivity index (χ1v) is 6.79. The van der Waals surface area contributed by atoms with Crippen molar-refractivity contribution in [2.45, 2.75) is 12.5 Å². The fourth-order valence-electron chi connectivity index (χ4n) is 2.43. The second kappa shape index (κ2) is 4.89. The third-order valence-corrected chi connectivity index (χ3v) is 3.82. The lowest BCUT2D eigenvalue weighted by Gasteiger charge is -2.25. The molecule has 1 unspecified atom stereocenters. The van der Waals surface area contributed by atoms with Gasteiger partial charge >= 0.3 is 0 Å². The number of nitrogens with zero attached hydrogens (tertiary/aromatic N) is 1. The fourth-order valence-corrected chi connectivity index (χ4v) is 2.55. The summed E-state index contributed by atoms with van der Waals surface area (Å²) in [6, 6.07) is 17.0. The Morgan fingerprint density at radius 3 is 2.45 bits per heavy atom. The predicted molar refractivity (Wildman–Crippen MR) is 81.9 cm³/mol. The number of aliphatic hydroxyl groups is 1. The van der Waals surface area contributed by atoms with Crippen LogP contribution in [0, 0.1) is 0 Å². The van der Waals surface area contributed by atoms with E-state index in [0.29, 0.717) is 5.02 Å². The molecule has 0 fully saturated rings. The Morgan fingerprint density at radius 2 is 1.70 bits per heavy atom. The molecule has 1 atom stereocenters. The molecular weight excluding hydrogens is 270 g/mol. The van der Waals surface area contributed by atoms with Gasteiger partial charge in [0.1, 0.15) is 5.60 Å². The Morgan fingerprint density at radius 1 is 1.00 bits per heavy atom. The average molecular weight is 284 g/mol. The summed E-state index contributed by atoms with van der Waals surface area (Å²) in [6.07, 6.45) is 1.74. The van der Waals surface area contributed by atoms with E-state index in [1.54, 1.807) is 25.3 Å². The molecule has 1 N–H and O–H groups in total. The third kappa shape index (κ3) is 2.17. The molecule has 2 aromatic carbocycles. The summed E-state index contributed by atoms with van der Waals surface area (Å²) < 4.78 is 0. The second-order valence-electron chi connectivity index (χ2n) is 4.96. The number of para-hydroxylation sites is 1. The number of benzene rings is 2. The van der Waals surface area contributed by atoms with Gasteiger partial charge in [-0.1, -0.05) is 48.0 Å². The molecule has 3 rings (SSSR count). The number of pyridine rings is 1. The number of fused-ring (bicyclic) bond motifs is 1. The fraction of sp³-hybridized carbons (Fsp3) is 0.118. The van der Waals surface area contributed by atoms with E-state index in [9.17, 15) is 5.11 Å². The highest BCUT2D eigenvalue weighted by molar-refractivity contribution is 6.30. The minimum atomic E-state index is -1.11. The van der Waals surface area contributed by atoms with E-state index < -0.39 is 5.60 Å². The topological polar surface area (TPSA) is 33.1 Å². The Labute approximate surface area is 122 Å². The molecule has 0 amide bonds. The van der Waals surface area contributed by atoms with Crippen molar-refractivity contribution in [2.24, 2.45) is 0 Å². The van der Waals surface area contributed by atoms with Crippen molar-refractivity contribution in [1.82, 2.24) is 4.98 Å². The maximum atomic E-state index is 11.0. The quantitative estimate of drug-likeness (QED) is 0.766. The van der Waals surface area contributed by atoms with Gasteiger partial charge in [-0.15, -0.1) is 0 Å². The van der Waals surface area contributed by atoms with Gasteiger partial charge in [-0.2, -0.15) is 0 Å². The van der Waals surface area contributed by atoms with Gasteiger partial charge in [-0.3, -0.25) is 4.98 Å². The van der Waals surface area contributed by atoms with E-state index in [0.717, 1.165) is 22.0 Å². The molecule has 0 saturated carbocycles. The van der Waals surface area contributed by atoms with E-state index in [2.05, 4.69) is 4.98 Å². The normalized spacial score (nSPS) is 14.2. The predicted octanol–water partition coefficient (Wildman–Crippen LogP) is 4.14. The molecule has 0 aliphatic heterocycles. The number of aromatic nitrogens is 1.